The fraction of sp³-hybridized carbons (Fsp3) is 0.190. The van der Waals surface area contributed by atoms with Crippen LogP contribution in [0.3, 0.4) is 0 Å². The van der Waals surface area contributed by atoms with Gasteiger partial charge in [-0.1, -0.05) is 90.0 Å². The summed E-state index contributed by atoms with van der Waals surface area (Å²) < 4.78 is 0. The van der Waals surface area contributed by atoms with Gasteiger partial charge < -0.3 is 14.7 Å². The first-order chi connectivity index (χ1) is 21.8. The Morgan fingerprint density at radius 1 is 0.600 bits per heavy atom. The lowest BCUT2D eigenvalue weighted by Crippen LogP contribution is -2.34. The van der Waals surface area contributed by atoms with Crippen LogP contribution in [0.2, 0.25) is 0 Å². The molecule has 2 atom stereocenters. The van der Waals surface area contributed by atoms with E-state index >= 15 is 0 Å². The van der Waals surface area contributed by atoms with Crippen molar-refractivity contribution in [3.8, 4) is 11.1 Å². The lowest BCUT2D eigenvalue weighted by atomic mass is 9.96. The molecule has 2 aliphatic carbocycles. The van der Waals surface area contributed by atoms with Crippen LogP contribution in [-0.2, 0) is 0 Å². The van der Waals surface area contributed by atoms with Crippen molar-refractivity contribution >= 4 is 34.1 Å². The summed E-state index contributed by atoms with van der Waals surface area (Å²) in [4.78, 5) is 7.15. The SMILES string of the molecule is CC1=CC2CC2(N(C)c2ccc(N(C)c3cccc(N(c4ccccc4)c4ccc(C)cc4)c3)c(-c3ccccc3C)c2)C=C1. The smallest absolute Gasteiger partial charge is 0.0654 e. The molecule has 2 unspecified atom stereocenters. The normalized spacial score (nSPS) is 18.2. The van der Waals surface area contributed by atoms with Crippen molar-refractivity contribution in [3.05, 3.63) is 156 Å². The lowest BCUT2D eigenvalue weighted by molar-refractivity contribution is 0.716. The molecule has 0 amide bonds. The number of anilines is 6. The van der Waals surface area contributed by atoms with Gasteiger partial charge in [0.05, 0.1) is 5.54 Å². The monoisotopic (exact) mass is 587 g/mol. The Morgan fingerprint density at radius 3 is 2.02 bits per heavy atom. The van der Waals surface area contributed by atoms with E-state index < -0.39 is 0 Å². The number of hydrogen-bond acceptors (Lipinski definition) is 3. The Balaban J connectivity index is 1.29. The highest BCUT2D eigenvalue weighted by molar-refractivity contribution is 5.88. The molecular formula is C42H41N3. The summed E-state index contributed by atoms with van der Waals surface area (Å²) in [6.45, 7) is 6.55. The number of rotatable bonds is 8. The summed E-state index contributed by atoms with van der Waals surface area (Å²) in [6.07, 6.45) is 8.30. The quantitative estimate of drug-likeness (QED) is 0.179. The van der Waals surface area contributed by atoms with Gasteiger partial charge in [-0.05, 0) is 99.0 Å². The average molecular weight is 588 g/mol. The minimum Gasteiger partial charge on any atom is -0.365 e. The van der Waals surface area contributed by atoms with Crippen molar-refractivity contribution in [2.75, 3.05) is 28.8 Å². The number of nitrogens with zero attached hydrogens (tertiary/aromatic N) is 3. The summed E-state index contributed by atoms with van der Waals surface area (Å²) >= 11 is 0. The van der Waals surface area contributed by atoms with E-state index in [0.29, 0.717) is 5.92 Å². The minimum atomic E-state index is 0.0845. The van der Waals surface area contributed by atoms with Gasteiger partial charge in [0.25, 0.3) is 0 Å². The van der Waals surface area contributed by atoms with Gasteiger partial charge in [-0.2, -0.15) is 0 Å². The number of aryl methyl sites for hydroxylation is 2. The highest BCUT2D eigenvalue weighted by Gasteiger charge is 2.55. The van der Waals surface area contributed by atoms with Crippen molar-refractivity contribution in [2.45, 2.75) is 32.7 Å². The predicted molar refractivity (Wildman–Crippen MR) is 193 cm³/mol. The summed E-state index contributed by atoms with van der Waals surface area (Å²) in [6, 6.07) is 44.0. The number of para-hydroxylation sites is 1. The van der Waals surface area contributed by atoms with Gasteiger partial charge in [-0.15, -0.1) is 0 Å². The fourth-order valence-corrected chi connectivity index (χ4v) is 6.89. The maximum Gasteiger partial charge on any atom is 0.0654 e. The van der Waals surface area contributed by atoms with E-state index in [-0.39, 0.29) is 5.54 Å². The van der Waals surface area contributed by atoms with Gasteiger partial charge in [0.15, 0.2) is 0 Å². The second kappa shape index (κ2) is 11.5. The van der Waals surface area contributed by atoms with Crippen molar-refractivity contribution in [2.24, 2.45) is 5.92 Å². The molecule has 7 rings (SSSR count). The standard InChI is InChI=1S/C42H41N3/c1-30-18-20-35(21-19-30)45(34-13-7-6-8-14-34)38-16-11-15-36(27-38)43(4)41-23-22-37(28-40(41)39-17-10-9-12-32(39)3)44(5)42-25-24-31(2)26-33(42)29-42/h6-28,33H,29H2,1-5H3. The topological polar surface area (TPSA) is 9.72 Å². The fourth-order valence-electron chi connectivity index (χ4n) is 6.89. The molecule has 0 aromatic heterocycles. The molecule has 0 aliphatic heterocycles. The molecule has 0 saturated heterocycles. The zero-order valence-electron chi connectivity index (χ0n) is 26.9. The van der Waals surface area contributed by atoms with Crippen LogP contribution in [0.25, 0.3) is 11.1 Å². The van der Waals surface area contributed by atoms with Crippen molar-refractivity contribution in [1.82, 2.24) is 0 Å². The van der Waals surface area contributed by atoms with E-state index in [1.807, 2.05) is 0 Å². The summed E-state index contributed by atoms with van der Waals surface area (Å²) in [5.41, 5.74) is 13.4. The van der Waals surface area contributed by atoms with Gasteiger partial charge in [0.1, 0.15) is 0 Å². The Hall–Kier alpha value is -5.02. The molecule has 3 nitrogen and oxygen atoms in total. The maximum absolute atomic E-state index is 2.49. The van der Waals surface area contributed by atoms with E-state index in [1.165, 1.54) is 45.6 Å². The second-order valence-electron chi connectivity index (χ2n) is 12.7. The second-order valence-corrected chi connectivity index (χ2v) is 12.7. The molecule has 0 spiro atoms. The molecule has 0 radical (unpaired) electrons. The first-order valence-electron chi connectivity index (χ1n) is 15.9. The van der Waals surface area contributed by atoms with E-state index in [1.54, 1.807) is 0 Å². The molecule has 5 aromatic carbocycles. The van der Waals surface area contributed by atoms with Crippen LogP contribution >= 0.6 is 0 Å². The van der Waals surface area contributed by atoms with E-state index in [2.05, 4.69) is 189 Å². The minimum absolute atomic E-state index is 0.0845. The molecule has 1 saturated carbocycles. The number of likely N-dealkylation sites (N-methyl/N-ethyl adjacent to an activating group) is 1. The van der Waals surface area contributed by atoms with Crippen molar-refractivity contribution in [1.29, 1.82) is 0 Å². The Bertz CT molecular complexity index is 1900. The van der Waals surface area contributed by atoms with Crippen molar-refractivity contribution < 1.29 is 0 Å². The molecule has 2 aliphatic rings. The summed E-state index contributed by atoms with van der Waals surface area (Å²) in [7, 11) is 4.44. The van der Waals surface area contributed by atoms with Crippen LogP contribution in [-0.4, -0.2) is 19.6 Å². The van der Waals surface area contributed by atoms with Crippen LogP contribution in [0.15, 0.2) is 145 Å². The third kappa shape index (κ3) is 5.33. The van der Waals surface area contributed by atoms with E-state index in [0.717, 1.165) is 22.7 Å². The molecule has 5 aromatic rings. The Morgan fingerprint density at radius 2 is 1.27 bits per heavy atom. The van der Waals surface area contributed by atoms with Crippen LogP contribution in [0.5, 0.6) is 0 Å². The molecule has 224 valence electrons. The van der Waals surface area contributed by atoms with Gasteiger partial charge in [-0.3, -0.25) is 0 Å². The Kier molecular flexibility index (Phi) is 7.33. The van der Waals surface area contributed by atoms with Gasteiger partial charge in [0.2, 0.25) is 0 Å². The van der Waals surface area contributed by atoms with E-state index in [4.69, 9.17) is 0 Å². The first-order valence-corrected chi connectivity index (χ1v) is 15.9. The molecule has 0 bridgehead atoms. The molecule has 45 heavy (non-hydrogen) atoms. The number of benzene rings is 5. The third-order valence-corrected chi connectivity index (χ3v) is 9.70. The largest absolute Gasteiger partial charge is 0.365 e. The van der Waals surface area contributed by atoms with Gasteiger partial charge in [-0.25, -0.2) is 0 Å². The van der Waals surface area contributed by atoms with Gasteiger partial charge in [0, 0.05) is 59.7 Å². The average Bonchev–Trinajstić information content (AvgIpc) is 3.80. The maximum atomic E-state index is 2.49. The van der Waals surface area contributed by atoms with Crippen LogP contribution < -0.4 is 14.7 Å². The van der Waals surface area contributed by atoms with Crippen molar-refractivity contribution in [3.63, 3.8) is 0 Å². The highest BCUT2D eigenvalue weighted by Crippen LogP contribution is 2.54. The third-order valence-electron chi connectivity index (χ3n) is 9.70. The first kappa shape index (κ1) is 28.7. The molecule has 0 heterocycles. The predicted octanol–water partition coefficient (Wildman–Crippen LogP) is 10.9. The zero-order chi connectivity index (χ0) is 31.1. The zero-order valence-corrected chi connectivity index (χ0v) is 26.9. The van der Waals surface area contributed by atoms with Crippen LogP contribution in [0.4, 0.5) is 34.1 Å². The molecular weight excluding hydrogens is 546 g/mol. The van der Waals surface area contributed by atoms with Gasteiger partial charge >= 0.3 is 0 Å². The number of allylic oxidation sites excluding steroid dienone is 2. The van der Waals surface area contributed by atoms with E-state index in [9.17, 15) is 0 Å². The highest BCUT2D eigenvalue weighted by atomic mass is 15.2. The Labute approximate surface area is 268 Å². The van der Waals surface area contributed by atoms with Crippen LogP contribution in [0, 0.1) is 19.8 Å². The summed E-state index contributed by atoms with van der Waals surface area (Å²) in [5.74, 6) is 0.584. The molecule has 3 heteroatoms. The molecule has 1 fully saturated rings. The summed E-state index contributed by atoms with van der Waals surface area (Å²) in [5, 5.41) is 0. The number of fused-ring (bicyclic) bond motifs is 1. The number of hydrogen-bond donors (Lipinski definition) is 0. The lowest BCUT2D eigenvalue weighted by Gasteiger charge is -2.32. The van der Waals surface area contributed by atoms with Crippen LogP contribution in [0.1, 0.15) is 24.5 Å². The molecule has 0 N–H and O–H groups in total.